The molecule has 5 heteroatoms. The zero-order chi connectivity index (χ0) is 17.5. The molecule has 3 aromatic rings. The molecule has 0 aliphatic carbocycles. The zero-order valence-electron chi connectivity index (χ0n) is 14.3. The Kier molecular flexibility index (Phi) is 5.90. The molecule has 0 fully saturated rings. The second kappa shape index (κ2) is 8.53. The number of nitrogens with zero attached hydrogens (tertiary/aromatic N) is 1. The molecule has 1 heterocycles. The van der Waals surface area contributed by atoms with Crippen molar-refractivity contribution in [3.63, 3.8) is 0 Å². The van der Waals surface area contributed by atoms with Crippen molar-refractivity contribution in [1.82, 2.24) is 4.98 Å². The number of nitrogen functional groups attached to an aromatic ring is 1. The molecule has 0 amide bonds. The minimum atomic E-state index is 0.579. The first kappa shape index (κ1) is 17.3. The van der Waals surface area contributed by atoms with Gasteiger partial charge >= 0.3 is 0 Å². The number of benzene rings is 2. The molecule has 1 aromatic heterocycles. The average Bonchev–Trinajstić information content (AvgIpc) is 3.05. The predicted molar refractivity (Wildman–Crippen MR) is 103 cm³/mol. The first-order valence-electron chi connectivity index (χ1n) is 8.34. The van der Waals surface area contributed by atoms with E-state index in [9.17, 15) is 0 Å². The van der Waals surface area contributed by atoms with Gasteiger partial charge in [-0.05, 0) is 49.6 Å². The lowest BCUT2D eigenvalue weighted by Crippen LogP contribution is -2.02. The highest BCUT2D eigenvalue weighted by molar-refractivity contribution is 7.13. The van der Waals surface area contributed by atoms with Gasteiger partial charge in [0.25, 0.3) is 0 Å². The number of thiazole rings is 1. The Hall–Kier alpha value is -2.53. The van der Waals surface area contributed by atoms with Crippen LogP contribution in [0.3, 0.4) is 0 Å². The van der Waals surface area contributed by atoms with E-state index >= 15 is 0 Å². The van der Waals surface area contributed by atoms with Gasteiger partial charge in [-0.2, -0.15) is 0 Å². The highest BCUT2D eigenvalue weighted by Crippen LogP contribution is 2.26. The van der Waals surface area contributed by atoms with E-state index in [0.29, 0.717) is 18.3 Å². The highest BCUT2D eigenvalue weighted by Gasteiger charge is 2.04. The van der Waals surface area contributed by atoms with E-state index in [4.69, 9.17) is 15.2 Å². The largest absolute Gasteiger partial charge is 0.494 e. The molecule has 0 aliphatic heterocycles. The smallest absolute Gasteiger partial charge is 0.180 e. The molecule has 4 nitrogen and oxygen atoms in total. The number of aromatic nitrogens is 1. The Bertz CT molecular complexity index is 817. The number of rotatable bonds is 8. The van der Waals surface area contributed by atoms with Gasteiger partial charge in [0, 0.05) is 10.9 Å². The van der Waals surface area contributed by atoms with E-state index in [2.05, 4.69) is 18.0 Å². The molecule has 2 N–H and O–H groups in total. The van der Waals surface area contributed by atoms with E-state index in [1.807, 2.05) is 47.8 Å². The number of anilines is 1. The van der Waals surface area contributed by atoms with Crippen LogP contribution >= 0.6 is 11.3 Å². The van der Waals surface area contributed by atoms with Crippen LogP contribution in [0.4, 0.5) is 5.13 Å². The van der Waals surface area contributed by atoms with Crippen LogP contribution in [0.15, 0.2) is 53.9 Å². The van der Waals surface area contributed by atoms with Crippen molar-refractivity contribution < 1.29 is 9.47 Å². The molecule has 3 rings (SSSR count). The maximum atomic E-state index is 5.84. The maximum absolute atomic E-state index is 5.84. The molecule has 0 saturated heterocycles. The molecule has 0 bridgehead atoms. The third-order valence-corrected chi connectivity index (χ3v) is 4.39. The summed E-state index contributed by atoms with van der Waals surface area (Å²) >= 11 is 1.44. The second-order valence-corrected chi connectivity index (χ2v) is 6.71. The van der Waals surface area contributed by atoms with Crippen LogP contribution in [0, 0.1) is 6.92 Å². The third kappa shape index (κ3) is 5.22. The number of unbranched alkanes of at least 4 members (excludes halogenated alkanes) is 1. The highest BCUT2D eigenvalue weighted by atomic mass is 32.1. The first-order chi connectivity index (χ1) is 12.2. The summed E-state index contributed by atoms with van der Waals surface area (Å²) in [5.41, 5.74) is 8.82. The zero-order valence-corrected chi connectivity index (χ0v) is 15.1. The van der Waals surface area contributed by atoms with Crippen LogP contribution in [0.1, 0.15) is 18.4 Å². The van der Waals surface area contributed by atoms with Crippen molar-refractivity contribution >= 4 is 16.5 Å². The Balaban J connectivity index is 1.40. The molecule has 0 spiro atoms. The Labute approximate surface area is 152 Å². The molecule has 0 saturated carbocycles. The van der Waals surface area contributed by atoms with Gasteiger partial charge in [-0.1, -0.05) is 24.3 Å². The molecule has 0 unspecified atom stereocenters. The van der Waals surface area contributed by atoms with Crippen molar-refractivity contribution in [3.05, 3.63) is 59.5 Å². The fourth-order valence-electron chi connectivity index (χ4n) is 2.45. The number of nitrogens with two attached hydrogens (primary N) is 1. The Morgan fingerprint density at radius 2 is 1.64 bits per heavy atom. The fraction of sp³-hybridized carbons (Fsp3) is 0.250. The Morgan fingerprint density at radius 3 is 2.28 bits per heavy atom. The predicted octanol–water partition coefficient (Wildman–Crippen LogP) is 4.94. The summed E-state index contributed by atoms with van der Waals surface area (Å²) in [6.07, 6.45) is 1.90. The Morgan fingerprint density at radius 1 is 0.960 bits per heavy atom. The lowest BCUT2D eigenvalue weighted by molar-refractivity contribution is 0.266. The van der Waals surface area contributed by atoms with E-state index in [-0.39, 0.29) is 0 Å². The molecule has 130 valence electrons. The maximum Gasteiger partial charge on any atom is 0.180 e. The lowest BCUT2D eigenvalue weighted by Gasteiger charge is -2.09. The number of hydrogen-bond acceptors (Lipinski definition) is 5. The summed E-state index contributed by atoms with van der Waals surface area (Å²) in [5, 5.41) is 2.53. The molecular weight excluding hydrogens is 332 g/mol. The van der Waals surface area contributed by atoms with Crippen LogP contribution in [0.25, 0.3) is 11.3 Å². The first-order valence-corrected chi connectivity index (χ1v) is 9.22. The number of aryl methyl sites for hydroxylation is 1. The van der Waals surface area contributed by atoms with Crippen molar-refractivity contribution in [2.24, 2.45) is 0 Å². The van der Waals surface area contributed by atoms with Gasteiger partial charge in [0.1, 0.15) is 11.5 Å². The minimum absolute atomic E-state index is 0.579. The monoisotopic (exact) mass is 354 g/mol. The van der Waals surface area contributed by atoms with Crippen molar-refractivity contribution in [2.45, 2.75) is 19.8 Å². The van der Waals surface area contributed by atoms with E-state index < -0.39 is 0 Å². The van der Waals surface area contributed by atoms with Gasteiger partial charge < -0.3 is 15.2 Å². The molecule has 0 radical (unpaired) electrons. The summed E-state index contributed by atoms with van der Waals surface area (Å²) in [5.74, 6) is 1.78. The van der Waals surface area contributed by atoms with Crippen LogP contribution in [0.5, 0.6) is 11.5 Å². The van der Waals surface area contributed by atoms with Gasteiger partial charge in [-0.15, -0.1) is 11.3 Å². The van der Waals surface area contributed by atoms with Crippen molar-refractivity contribution in [3.8, 4) is 22.8 Å². The average molecular weight is 354 g/mol. The summed E-state index contributed by atoms with van der Waals surface area (Å²) < 4.78 is 11.6. The number of hydrogen-bond donors (Lipinski definition) is 1. The second-order valence-electron chi connectivity index (χ2n) is 5.82. The molecule has 0 aliphatic rings. The lowest BCUT2D eigenvalue weighted by atomic mass is 10.2. The molecule has 25 heavy (non-hydrogen) atoms. The topological polar surface area (TPSA) is 57.4 Å². The molecule has 0 atom stereocenters. The van der Waals surface area contributed by atoms with E-state index in [1.165, 1.54) is 16.9 Å². The van der Waals surface area contributed by atoms with Gasteiger partial charge in [-0.3, -0.25) is 0 Å². The van der Waals surface area contributed by atoms with Crippen LogP contribution in [-0.4, -0.2) is 18.2 Å². The van der Waals surface area contributed by atoms with Gasteiger partial charge in [0.2, 0.25) is 0 Å². The van der Waals surface area contributed by atoms with Crippen molar-refractivity contribution in [2.75, 3.05) is 18.9 Å². The molecular formula is C20H22N2O2S. The fourth-order valence-corrected chi connectivity index (χ4v) is 3.03. The van der Waals surface area contributed by atoms with Gasteiger partial charge in [-0.25, -0.2) is 4.98 Å². The number of ether oxygens (including phenoxy) is 2. The molecule has 2 aromatic carbocycles. The standard InChI is InChI=1S/C20H22N2O2S/c1-15-6-4-8-17(12-15)23-10-2-3-11-24-18-9-5-7-16(13-18)19-14-25-20(21)22-19/h4-9,12-14H,2-3,10-11H2,1H3,(H2,21,22). The summed E-state index contributed by atoms with van der Waals surface area (Å²) in [6.45, 7) is 3.43. The summed E-state index contributed by atoms with van der Waals surface area (Å²) in [6, 6.07) is 16.1. The van der Waals surface area contributed by atoms with Gasteiger partial charge in [0.05, 0.1) is 18.9 Å². The quantitative estimate of drug-likeness (QED) is 0.582. The summed E-state index contributed by atoms with van der Waals surface area (Å²) in [7, 11) is 0. The summed E-state index contributed by atoms with van der Waals surface area (Å²) in [4.78, 5) is 4.30. The van der Waals surface area contributed by atoms with Crippen LogP contribution in [0.2, 0.25) is 0 Å². The minimum Gasteiger partial charge on any atom is -0.494 e. The van der Waals surface area contributed by atoms with Crippen LogP contribution in [-0.2, 0) is 0 Å². The van der Waals surface area contributed by atoms with Crippen molar-refractivity contribution in [1.29, 1.82) is 0 Å². The van der Waals surface area contributed by atoms with E-state index in [0.717, 1.165) is 35.6 Å². The third-order valence-electron chi connectivity index (χ3n) is 3.72. The SMILES string of the molecule is Cc1cccc(OCCCCOc2cccc(-c3csc(N)n3)c2)c1. The van der Waals surface area contributed by atoms with Gasteiger partial charge in [0.15, 0.2) is 5.13 Å². The normalized spacial score (nSPS) is 10.6. The van der Waals surface area contributed by atoms with Crippen LogP contribution < -0.4 is 15.2 Å². The van der Waals surface area contributed by atoms with E-state index in [1.54, 1.807) is 0 Å².